The van der Waals surface area contributed by atoms with Crippen LogP contribution in [0.5, 0.6) is 0 Å². The van der Waals surface area contributed by atoms with Crippen molar-refractivity contribution in [3.05, 3.63) is 34.4 Å². The molecule has 1 aliphatic heterocycles. The second-order valence-electron chi connectivity index (χ2n) is 8.43. The molecular weight excluding hydrogens is 445 g/mol. The average molecular weight is 466 g/mol. The Hall–Kier alpha value is -2.10. The molecule has 0 radical (unpaired) electrons. The van der Waals surface area contributed by atoms with E-state index in [2.05, 4.69) is 10.6 Å². The lowest BCUT2D eigenvalue weighted by atomic mass is 9.69. The summed E-state index contributed by atoms with van der Waals surface area (Å²) in [5.41, 5.74) is -0.171. The second kappa shape index (κ2) is 8.11. The van der Waals surface area contributed by atoms with E-state index in [4.69, 9.17) is 11.6 Å². The molecule has 5 nitrogen and oxygen atoms in total. The van der Waals surface area contributed by atoms with Crippen molar-refractivity contribution < 1.29 is 31.5 Å². The molecule has 1 saturated heterocycles. The van der Waals surface area contributed by atoms with Crippen LogP contribution in [0.4, 0.5) is 26.7 Å². The molecule has 170 valence electrons. The van der Waals surface area contributed by atoms with Crippen LogP contribution in [0.25, 0.3) is 0 Å². The van der Waals surface area contributed by atoms with Crippen LogP contribution in [0.1, 0.15) is 37.3 Å². The lowest BCUT2D eigenvalue weighted by Gasteiger charge is -2.43. The van der Waals surface area contributed by atoms with Gasteiger partial charge in [-0.25, -0.2) is 13.6 Å². The smallest absolute Gasteiger partial charge is 0.353 e. The maximum absolute atomic E-state index is 14.7. The number of nitrogens with one attached hydrogen (secondary N) is 2. The molecule has 3 aliphatic rings. The van der Waals surface area contributed by atoms with Crippen LogP contribution < -0.4 is 10.6 Å². The van der Waals surface area contributed by atoms with E-state index in [1.54, 1.807) is 0 Å². The van der Waals surface area contributed by atoms with Crippen molar-refractivity contribution in [3.8, 4) is 0 Å². The van der Waals surface area contributed by atoms with E-state index >= 15 is 0 Å². The number of amides is 3. The number of carbonyl (C=O) groups excluding carboxylic acids is 2. The Balaban J connectivity index is 1.58. The van der Waals surface area contributed by atoms with Crippen LogP contribution in [-0.2, 0) is 4.79 Å². The highest BCUT2D eigenvalue weighted by Gasteiger charge is 2.51. The third-order valence-electron chi connectivity index (χ3n) is 6.37. The summed E-state index contributed by atoms with van der Waals surface area (Å²) in [6.45, 7) is 0.477. The molecule has 1 unspecified atom stereocenters. The number of benzene rings is 1. The van der Waals surface area contributed by atoms with Gasteiger partial charge in [-0.05, 0) is 43.6 Å². The summed E-state index contributed by atoms with van der Waals surface area (Å²) in [6, 6.07) is -0.452. The number of urea groups is 1. The Bertz CT molecular complexity index is 886. The van der Waals surface area contributed by atoms with Gasteiger partial charge in [0.15, 0.2) is 0 Å². The summed E-state index contributed by atoms with van der Waals surface area (Å²) < 4.78 is 67.3. The highest BCUT2D eigenvalue weighted by Crippen LogP contribution is 2.50. The van der Waals surface area contributed by atoms with Gasteiger partial charge in [0.2, 0.25) is 5.91 Å². The molecule has 31 heavy (non-hydrogen) atoms. The minimum Gasteiger partial charge on any atom is -0.353 e. The molecule has 4 rings (SSSR count). The van der Waals surface area contributed by atoms with E-state index in [0.29, 0.717) is 0 Å². The van der Waals surface area contributed by atoms with Gasteiger partial charge in [-0.2, -0.15) is 13.2 Å². The van der Waals surface area contributed by atoms with E-state index in [1.165, 1.54) is 4.90 Å². The topological polar surface area (TPSA) is 61.4 Å². The maximum Gasteiger partial charge on any atom is 0.391 e. The molecule has 3 amide bonds. The van der Waals surface area contributed by atoms with Crippen molar-refractivity contribution >= 4 is 23.5 Å². The Morgan fingerprint density at radius 3 is 2.52 bits per heavy atom. The number of alkyl halides is 3. The van der Waals surface area contributed by atoms with E-state index in [9.17, 15) is 31.5 Å². The maximum atomic E-state index is 14.7. The first kappa shape index (κ1) is 22.1. The molecule has 0 spiro atoms. The number of hydrogen-bond donors (Lipinski definition) is 2. The monoisotopic (exact) mass is 465 g/mol. The summed E-state index contributed by atoms with van der Waals surface area (Å²) in [7, 11) is 0. The normalized spacial score (nSPS) is 27.4. The first-order chi connectivity index (χ1) is 14.6. The standard InChI is InChI=1S/C20H21ClF5N3O2/c21-14-13(22)4-3-12(15(14)23)16(10-7-11(8-10)20(24,25)26)28-19(31)29-6-5-27-18(30)17(29)9-1-2-9/h3-4,9-11,16-17H,1-2,5-8H2,(H,27,30)(H,28,31)/t10?,11?,16?,17-/m1/s1. The van der Waals surface area contributed by atoms with Gasteiger partial charge < -0.3 is 15.5 Å². The Morgan fingerprint density at radius 2 is 1.90 bits per heavy atom. The van der Waals surface area contributed by atoms with Gasteiger partial charge in [0.25, 0.3) is 0 Å². The third kappa shape index (κ3) is 4.31. The molecule has 2 N–H and O–H groups in total. The van der Waals surface area contributed by atoms with Crippen molar-refractivity contribution in [1.29, 1.82) is 0 Å². The van der Waals surface area contributed by atoms with Gasteiger partial charge in [-0.1, -0.05) is 17.7 Å². The van der Waals surface area contributed by atoms with Crippen LogP contribution in [-0.4, -0.2) is 42.1 Å². The van der Waals surface area contributed by atoms with E-state index < -0.39 is 52.8 Å². The van der Waals surface area contributed by atoms with Gasteiger partial charge in [-0.3, -0.25) is 4.79 Å². The van der Waals surface area contributed by atoms with E-state index in [0.717, 1.165) is 25.0 Å². The molecular formula is C20H21ClF5N3O2. The van der Waals surface area contributed by atoms with Crippen LogP contribution >= 0.6 is 11.6 Å². The molecule has 2 aliphatic carbocycles. The van der Waals surface area contributed by atoms with Crippen LogP contribution in [0, 0.1) is 29.4 Å². The predicted molar refractivity (Wildman–Crippen MR) is 101 cm³/mol. The minimum atomic E-state index is -4.38. The molecule has 2 saturated carbocycles. The van der Waals surface area contributed by atoms with Crippen LogP contribution in [0.15, 0.2) is 12.1 Å². The lowest BCUT2D eigenvalue weighted by molar-refractivity contribution is -0.206. The first-order valence-electron chi connectivity index (χ1n) is 10.1. The number of carbonyl (C=O) groups is 2. The molecule has 3 fully saturated rings. The zero-order valence-corrected chi connectivity index (χ0v) is 17.1. The molecule has 0 bridgehead atoms. The molecule has 1 heterocycles. The van der Waals surface area contributed by atoms with Gasteiger partial charge in [-0.15, -0.1) is 0 Å². The second-order valence-corrected chi connectivity index (χ2v) is 8.81. The van der Waals surface area contributed by atoms with Crippen LogP contribution in [0.2, 0.25) is 5.02 Å². The quantitative estimate of drug-likeness (QED) is 0.518. The summed E-state index contributed by atoms with van der Waals surface area (Å²) in [4.78, 5) is 26.7. The molecule has 1 aromatic carbocycles. The van der Waals surface area contributed by atoms with E-state index in [1.807, 2.05) is 0 Å². The van der Waals surface area contributed by atoms with Crippen molar-refractivity contribution in [2.45, 2.75) is 43.9 Å². The fourth-order valence-corrected chi connectivity index (χ4v) is 4.61. The van der Waals surface area contributed by atoms with Crippen molar-refractivity contribution in [2.75, 3.05) is 13.1 Å². The van der Waals surface area contributed by atoms with E-state index in [-0.39, 0.29) is 43.3 Å². The third-order valence-corrected chi connectivity index (χ3v) is 6.72. The van der Waals surface area contributed by atoms with Crippen molar-refractivity contribution in [1.82, 2.24) is 15.5 Å². The fourth-order valence-electron chi connectivity index (χ4n) is 4.44. The van der Waals surface area contributed by atoms with Gasteiger partial charge in [0.05, 0.1) is 12.0 Å². The Labute approximate surface area is 180 Å². The lowest BCUT2D eigenvalue weighted by Crippen LogP contribution is -2.61. The number of piperazine rings is 1. The highest BCUT2D eigenvalue weighted by molar-refractivity contribution is 6.31. The number of rotatable bonds is 4. The average Bonchev–Trinajstić information content (AvgIpc) is 3.48. The Morgan fingerprint density at radius 1 is 1.23 bits per heavy atom. The molecule has 2 atom stereocenters. The Kier molecular flexibility index (Phi) is 5.78. The zero-order chi connectivity index (χ0) is 22.5. The predicted octanol–water partition coefficient (Wildman–Crippen LogP) is 4.17. The zero-order valence-electron chi connectivity index (χ0n) is 16.3. The summed E-state index contributed by atoms with van der Waals surface area (Å²) in [5, 5.41) is 4.54. The van der Waals surface area contributed by atoms with Gasteiger partial charge in [0.1, 0.15) is 22.7 Å². The number of halogens is 6. The largest absolute Gasteiger partial charge is 0.391 e. The highest BCUT2D eigenvalue weighted by atomic mass is 35.5. The summed E-state index contributed by atoms with van der Waals surface area (Å²) in [6.07, 6.45) is -3.39. The minimum absolute atomic E-state index is 0.0276. The fraction of sp³-hybridized carbons (Fsp3) is 0.600. The van der Waals surface area contributed by atoms with Gasteiger partial charge in [0, 0.05) is 18.7 Å². The van der Waals surface area contributed by atoms with Crippen LogP contribution in [0.3, 0.4) is 0 Å². The number of hydrogen-bond acceptors (Lipinski definition) is 2. The summed E-state index contributed by atoms with van der Waals surface area (Å²) in [5.74, 6) is -4.62. The van der Waals surface area contributed by atoms with Crippen molar-refractivity contribution in [3.63, 3.8) is 0 Å². The molecule has 11 heteroatoms. The van der Waals surface area contributed by atoms with Gasteiger partial charge >= 0.3 is 12.2 Å². The van der Waals surface area contributed by atoms with Crippen molar-refractivity contribution in [2.24, 2.45) is 17.8 Å². The SMILES string of the molecule is O=C1NCCN(C(=O)NC(c2ccc(F)c(Cl)c2F)C2CC(C(F)(F)F)C2)[C@@H]1C1CC1. The molecule has 1 aromatic rings. The number of nitrogens with zero attached hydrogens (tertiary/aromatic N) is 1. The first-order valence-corrected chi connectivity index (χ1v) is 10.5. The molecule has 0 aromatic heterocycles. The summed E-state index contributed by atoms with van der Waals surface area (Å²) >= 11 is 5.67.